The number of anilines is 1. The lowest BCUT2D eigenvalue weighted by Crippen LogP contribution is -2.09. The number of nitrogens with zero attached hydrogens (tertiary/aromatic N) is 2. The molecule has 0 amide bonds. The van der Waals surface area contributed by atoms with Crippen LogP contribution >= 0.6 is 0 Å². The summed E-state index contributed by atoms with van der Waals surface area (Å²) < 4.78 is 18.5. The highest BCUT2D eigenvalue weighted by atomic mass is 19.1. The van der Waals surface area contributed by atoms with E-state index in [9.17, 15) is 4.39 Å². The van der Waals surface area contributed by atoms with Crippen LogP contribution in [0, 0.1) is 12.7 Å². The maximum Gasteiger partial charge on any atom is 0.239 e. The first-order chi connectivity index (χ1) is 8.19. The topological polar surface area (TPSA) is 73.1 Å². The van der Waals surface area contributed by atoms with Crippen LogP contribution in [-0.4, -0.2) is 9.97 Å². The summed E-state index contributed by atoms with van der Waals surface area (Å²) in [6.45, 7) is 1.66. The van der Waals surface area contributed by atoms with Gasteiger partial charge < -0.3 is 10.2 Å². The monoisotopic (exact) mass is 234 g/mol. The largest absolute Gasteiger partial charge is 0.437 e. The van der Waals surface area contributed by atoms with E-state index < -0.39 is 0 Å². The molecule has 0 radical (unpaired) electrons. The number of hydrogen-bond donors (Lipinski definition) is 2. The quantitative estimate of drug-likeness (QED) is 0.627. The van der Waals surface area contributed by atoms with Crippen LogP contribution in [0.2, 0.25) is 0 Å². The van der Waals surface area contributed by atoms with Gasteiger partial charge in [-0.1, -0.05) is 0 Å². The van der Waals surface area contributed by atoms with Gasteiger partial charge in [0.15, 0.2) is 5.82 Å². The van der Waals surface area contributed by atoms with Gasteiger partial charge in [0.25, 0.3) is 0 Å². The third-order valence-electron chi connectivity index (χ3n) is 2.11. The second-order valence-electron chi connectivity index (χ2n) is 3.40. The van der Waals surface area contributed by atoms with Gasteiger partial charge in [0.1, 0.15) is 11.6 Å². The molecule has 0 bridgehead atoms. The van der Waals surface area contributed by atoms with Crippen LogP contribution in [0.1, 0.15) is 5.56 Å². The molecule has 5 nitrogen and oxygen atoms in total. The molecule has 88 valence electrons. The van der Waals surface area contributed by atoms with Crippen LogP contribution in [0.25, 0.3) is 0 Å². The second-order valence-corrected chi connectivity index (χ2v) is 3.40. The molecule has 0 spiro atoms. The van der Waals surface area contributed by atoms with Crippen LogP contribution in [0.3, 0.4) is 0 Å². The number of ether oxygens (including phenoxy) is 1. The number of halogens is 1. The SMILES string of the molecule is Cc1cc(Oc2cncc(NN)n2)ccc1F. The van der Waals surface area contributed by atoms with E-state index in [0.717, 1.165) is 0 Å². The van der Waals surface area contributed by atoms with Crippen molar-refractivity contribution in [1.29, 1.82) is 0 Å². The number of hydrogen-bond acceptors (Lipinski definition) is 5. The molecular weight excluding hydrogens is 223 g/mol. The molecular formula is C11H11FN4O. The number of hydrazine groups is 1. The average Bonchev–Trinajstić information content (AvgIpc) is 2.34. The fourth-order valence-corrected chi connectivity index (χ4v) is 1.27. The van der Waals surface area contributed by atoms with Crippen molar-refractivity contribution in [2.75, 3.05) is 5.43 Å². The molecule has 1 aromatic heterocycles. The highest BCUT2D eigenvalue weighted by Gasteiger charge is 2.03. The minimum Gasteiger partial charge on any atom is -0.437 e. The average molecular weight is 234 g/mol. The smallest absolute Gasteiger partial charge is 0.239 e. The molecule has 1 heterocycles. The first kappa shape index (κ1) is 11.3. The molecule has 1 aromatic carbocycles. The molecule has 0 aliphatic carbocycles. The van der Waals surface area contributed by atoms with E-state index in [2.05, 4.69) is 15.4 Å². The van der Waals surface area contributed by atoms with Gasteiger partial charge in [-0.15, -0.1) is 0 Å². The van der Waals surface area contributed by atoms with Gasteiger partial charge in [-0.3, -0.25) is 4.98 Å². The summed E-state index contributed by atoms with van der Waals surface area (Å²) >= 11 is 0. The Morgan fingerprint density at radius 1 is 1.35 bits per heavy atom. The number of rotatable bonds is 3. The van der Waals surface area contributed by atoms with E-state index >= 15 is 0 Å². The number of nitrogens with one attached hydrogen (secondary N) is 1. The van der Waals surface area contributed by atoms with Gasteiger partial charge in [-0.05, 0) is 30.7 Å². The van der Waals surface area contributed by atoms with Crippen molar-refractivity contribution >= 4 is 5.82 Å². The first-order valence-electron chi connectivity index (χ1n) is 4.91. The van der Waals surface area contributed by atoms with Crippen molar-refractivity contribution in [3.8, 4) is 11.6 Å². The van der Waals surface area contributed by atoms with Crippen molar-refractivity contribution in [1.82, 2.24) is 9.97 Å². The summed E-state index contributed by atoms with van der Waals surface area (Å²) in [7, 11) is 0. The molecule has 0 aliphatic heterocycles. The molecule has 0 atom stereocenters. The number of aromatic nitrogens is 2. The Balaban J connectivity index is 2.22. The second kappa shape index (κ2) is 4.75. The number of nitrogens with two attached hydrogens (primary N) is 1. The summed E-state index contributed by atoms with van der Waals surface area (Å²) in [4.78, 5) is 7.91. The third-order valence-corrected chi connectivity index (χ3v) is 2.11. The van der Waals surface area contributed by atoms with E-state index in [1.807, 2.05) is 0 Å². The molecule has 0 unspecified atom stereocenters. The zero-order chi connectivity index (χ0) is 12.3. The fraction of sp³-hybridized carbons (Fsp3) is 0.0909. The number of aryl methyl sites for hydroxylation is 1. The molecule has 17 heavy (non-hydrogen) atoms. The van der Waals surface area contributed by atoms with Crippen molar-refractivity contribution in [2.24, 2.45) is 5.84 Å². The van der Waals surface area contributed by atoms with Gasteiger partial charge >= 0.3 is 0 Å². The maximum atomic E-state index is 13.0. The zero-order valence-corrected chi connectivity index (χ0v) is 9.14. The Bertz CT molecular complexity index is 533. The third kappa shape index (κ3) is 2.67. The Labute approximate surface area is 97.4 Å². The van der Waals surface area contributed by atoms with Gasteiger partial charge in [-0.25, -0.2) is 10.2 Å². The van der Waals surface area contributed by atoms with Gasteiger partial charge in [0.05, 0.1) is 12.4 Å². The van der Waals surface area contributed by atoms with Crippen molar-refractivity contribution in [3.63, 3.8) is 0 Å². The molecule has 6 heteroatoms. The molecule has 0 aliphatic rings. The summed E-state index contributed by atoms with van der Waals surface area (Å²) in [5, 5.41) is 0. The Kier molecular flexibility index (Phi) is 3.15. The predicted molar refractivity (Wildman–Crippen MR) is 61.1 cm³/mol. The minimum absolute atomic E-state index is 0.277. The Morgan fingerprint density at radius 2 is 2.18 bits per heavy atom. The molecule has 0 fully saturated rings. The van der Waals surface area contributed by atoms with Crippen LogP contribution < -0.4 is 16.0 Å². The molecule has 2 aromatic rings. The first-order valence-corrected chi connectivity index (χ1v) is 4.91. The summed E-state index contributed by atoms with van der Waals surface area (Å²) in [6, 6.07) is 4.44. The maximum absolute atomic E-state index is 13.0. The number of nitrogen functional groups attached to an aromatic ring is 1. The van der Waals surface area contributed by atoms with Crippen LogP contribution in [0.5, 0.6) is 11.6 Å². The fourth-order valence-electron chi connectivity index (χ4n) is 1.27. The summed E-state index contributed by atoms with van der Waals surface area (Å²) in [6.07, 6.45) is 2.91. The van der Waals surface area contributed by atoms with Gasteiger partial charge in [0, 0.05) is 0 Å². The molecule has 0 saturated heterocycles. The Hall–Kier alpha value is -2.21. The lowest BCUT2D eigenvalue weighted by Gasteiger charge is -2.06. The standard InChI is InChI=1S/C11H11FN4O/c1-7-4-8(2-3-9(7)12)17-11-6-14-5-10(15-11)16-13/h2-6H,13H2,1H3,(H,15,16). The van der Waals surface area contributed by atoms with Crippen molar-refractivity contribution in [2.45, 2.75) is 6.92 Å². The van der Waals surface area contributed by atoms with Crippen molar-refractivity contribution < 1.29 is 9.13 Å². The van der Waals surface area contributed by atoms with Crippen LogP contribution in [0.4, 0.5) is 10.2 Å². The van der Waals surface area contributed by atoms with Crippen LogP contribution in [0.15, 0.2) is 30.6 Å². The highest BCUT2D eigenvalue weighted by molar-refractivity contribution is 5.35. The Morgan fingerprint density at radius 3 is 2.88 bits per heavy atom. The highest BCUT2D eigenvalue weighted by Crippen LogP contribution is 2.21. The molecule has 3 N–H and O–H groups in total. The minimum atomic E-state index is -0.277. The predicted octanol–water partition coefficient (Wildman–Crippen LogP) is 2.00. The van der Waals surface area contributed by atoms with Crippen molar-refractivity contribution in [3.05, 3.63) is 42.0 Å². The van der Waals surface area contributed by atoms with Gasteiger partial charge in [0.2, 0.25) is 5.88 Å². The van der Waals surface area contributed by atoms with E-state index in [4.69, 9.17) is 10.6 Å². The summed E-state index contributed by atoms with van der Waals surface area (Å²) in [5.74, 6) is 6.09. The van der Waals surface area contributed by atoms with Gasteiger partial charge in [-0.2, -0.15) is 4.98 Å². The zero-order valence-electron chi connectivity index (χ0n) is 9.14. The summed E-state index contributed by atoms with van der Waals surface area (Å²) in [5.41, 5.74) is 2.86. The van der Waals surface area contributed by atoms with E-state index in [-0.39, 0.29) is 11.7 Å². The van der Waals surface area contributed by atoms with E-state index in [0.29, 0.717) is 17.1 Å². The number of benzene rings is 1. The molecule has 2 rings (SSSR count). The normalized spacial score (nSPS) is 10.1. The van der Waals surface area contributed by atoms with E-state index in [1.54, 1.807) is 13.0 Å². The lowest BCUT2D eigenvalue weighted by molar-refractivity contribution is 0.458. The molecule has 0 saturated carbocycles. The van der Waals surface area contributed by atoms with Crippen LogP contribution in [-0.2, 0) is 0 Å². The van der Waals surface area contributed by atoms with E-state index in [1.165, 1.54) is 24.5 Å². The lowest BCUT2D eigenvalue weighted by atomic mass is 10.2.